The van der Waals surface area contributed by atoms with Crippen molar-refractivity contribution < 1.29 is 0 Å². The zero-order chi connectivity index (χ0) is 11.8. The molecule has 0 fully saturated rings. The van der Waals surface area contributed by atoms with E-state index in [4.69, 9.17) is 5.73 Å². The summed E-state index contributed by atoms with van der Waals surface area (Å²) in [7, 11) is 0. The zero-order valence-corrected chi connectivity index (χ0v) is 10.9. The van der Waals surface area contributed by atoms with Gasteiger partial charge < -0.3 is 5.73 Å². The molecule has 2 rings (SSSR count). The molecule has 0 aromatic heterocycles. The van der Waals surface area contributed by atoms with Crippen LogP contribution in [-0.4, -0.2) is 0 Å². The van der Waals surface area contributed by atoms with Gasteiger partial charge in [0, 0.05) is 10.2 Å². The highest BCUT2D eigenvalue weighted by Gasteiger charge is 1.94. The molecule has 2 N–H and O–H groups in total. The first-order valence-corrected chi connectivity index (χ1v) is 6.07. The molecule has 0 saturated carbocycles. The van der Waals surface area contributed by atoms with E-state index in [0.29, 0.717) is 0 Å². The standard InChI is InChI=1S/C8H10BrN.C6H6/c1-2-6-3-4-8(10)7(9)5-6;1-2-4-6-5-3-1/h3-5H,2,10H2,1H3;1-6H. The van der Waals surface area contributed by atoms with Gasteiger partial charge in [0.05, 0.1) is 0 Å². The molecule has 0 unspecified atom stereocenters. The van der Waals surface area contributed by atoms with Crippen LogP contribution in [-0.2, 0) is 6.42 Å². The second-order valence-electron chi connectivity index (χ2n) is 3.36. The Bertz CT molecular complexity index is 386. The van der Waals surface area contributed by atoms with Gasteiger partial charge in [0.1, 0.15) is 0 Å². The molecule has 16 heavy (non-hydrogen) atoms. The summed E-state index contributed by atoms with van der Waals surface area (Å²) in [4.78, 5) is 0. The zero-order valence-electron chi connectivity index (χ0n) is 9.36. The summed E-state index contributed by atoms with van der Waals surface area (Å²) in [6, 6.07) is 18.0. The molecule has 0 amide bonds. The summed E-state index contributed by atoms with van der Waals surface area (Å²) in [6.07, 6.45) is 1.05. The molecule has 2 heteroatoms. The second kappa shape index (κ2) is 7.07. The number of hydrogen-bond acceptors (Lipinski definition) is 1. The topological polar surface area (TPSA) is 26.0 Å². The van der Waals surface area contributed by atoms with Gasteiger partial charge in [-0.25, -0.2) is 0 Å². The van der Waals surface area contributed by atoms with Crippen molar-refractivity contribution in [3.05, 3.63) is 64.6 Å². The predicted octanol–water partition coefficient (Wildman–Crippen LogP) is 4.28. The Morgan fingerprint density at radius 2 is 1.50 bits per heavy atom. The Labute approximate surface area is 105 Å². The van der Waals surface area contributed by atoms with Crippen LogP contribution in [0, 0.1) is 0 Å². The summed E-state index contributed by atoms with van der Waals surface area (Å²) >= 11 is 3.36. The number of rotatable bonds is 1. The van der Waals surface area contributed by atoms with Gasteiger partial charge in [0.25, 0.3) is 0 Å². The SMILES string of the molecule is CCc1ccc(N)c(Br)c1.c1ccccc1. The molecule has 0 aliphatic carbocycles. The van der Waals surface area contributed by atoms with Crippen molar-refractivity contribution in [2.24, 2.45) is 0 Å². The molecule has 84 valence electrons. The molecule has 0 aliphatic heterocycles. The number of nitrogen functional groups attached to an aromatic ring is 1. The Balaban J connectivity index is 0.000000181. The highest BCUT2D eigenvalue weighted by Crippen LogP contribution is 2.20. The van der Waals surface area contributed by atoms with Crippen molar-refractivity contribution in [3.63, 3.8) is 0 Å². The quantitative estimate of drug-likeness (QED) is 0.774. The lowest BCUT2D eigenvalue weighted by Gasteiger charge is -1.99. The number of nitrogens with two attached hydrogens (primary N) is 1. The molecule has 0 bridgehead atoms. The van der Waals surface area contributed by atoms with Crippen molar-refractivity contribution in [1.29, 1.82) is 0 Å². The predicted molar refractivity (Wildman–Crippen MR) is 74.4 cm³/mol. The minimum absolute atomic E-state index is 0.803. The van der Waals surface area contributed by atoms with E-state index in [-0.39, 0.29) is 0 Å². The summed E-state index contributed by atoms with van der Waals surface area (Å²) < 4.78 is 0.992. The largest absolute Gasteiger partial charge is 0.398 e. The molecule has 1 nitrogen and oxygen atoms in total. The number of hydrogen-bond donors (Lipinski definition) is 1. The van der Waals surface area contributed by atoms with Crippen LogP contribution in [0.25, 0.3) is 0 Å². The van der Waals surface area contributed by atoms with Crippen LogP contribution in [0.15, 0.2) is 59.1 Å². The fourth-order valence-corrected chi connectivity index (χ4v) is 1.60. The Hall–Kier alpha value is -1.28. The first kappa shape index (κ1) is 12.8. The fourth-order valence-electron chi connectivity index (χ4n) is 1.18. The average Bonchev–Trinajstić information content (AvgIpc) is 2.36. The van der Waals surface area contributed by atoms with Crippen molar-refractivity contribution in [2.75, 3.05) is 5.73 Å². The van der Waals surface area contributed by atoms with Crippen LogP contribution >= 0.6 is 15.9 Å². The van der Waals surface area contributed by atoms with E-state index in [1.165, 1.54) is 5.56 Å². The van der Waals surface area contributed by atoms with Crippen LogP contribution in [0.1, 0.15) is 12.5 Å². The fraction of sp³-hybridized carbons (Fsp3) is 0.143. The molecule has 0 atom stereocenters. The third kappa shape index (κ3) is 4.49. The molecule has 2 aromatic rings. The van der Waals surface area contributed by atoms with Gasteiger partial charge in [-0.2, -0.15) is 0 Å². The minimum Gasteiger partial charge on any atom is -0.398 e. The van der Waals surface area contributed by atoms with Gasteiger partial charge in [-0.15, -0.1) is 0 Å². The molecular formula is C14H16BrN. The number of aryl methyl sites for hydroxylation is 1. The lowest BCUT2D eigenvalue weighted by molar-refractivity contribution is 1.14. The lowest BCUT2D eigenvalue weighted by Crippen LogP contribution is -1.87. The van der Waals surface area contributed by atoms with E-state index in [0.717, 1.165) is 16.6 Å². The summed E-state index contributed by atoms with van der Waals surface area (Å²) in [5, 5.41) is 0. The maximum absolute atomic E-state index is 5.60. The number of benzene rings is 2. The van der Waals surface area contributed by atoms with Gasteiger partial charge in [0.2, 0.25) is 0 Å². The van der Waals surface area contributed by atoms with Gasteiger partial charge in [-0.1, -0.05) is 49.4 Å². The van der Waals surface area contributed by atoms with Crippen molar-refractivity contribution in [1.82, 2.24) is 0 Å². The first-order valence-electron chi connectivity index (χ1n) is 5.28. The molecule has 0 aliphatic rings. The highest BCUT2D eigenvalue weighted by atomic mass is 79.9. The average molecular weight is 278 g/mol. The van der Waals surface area contributed by atoms with Crippen LogP contribution in [0.2, 0.25) is 0 Å². The van der Waals surface area contributed by atoms with Gasteiger partial charge in [-0.05, 0) is 40.0 Å². The van der Waals surface area contributed by atoms with Crippen LogP contribution < -0.4 is 5.73 Å². The minimum atomic E-state index is 0.803. The normalized spacial score (nSPS) is 9.12. The third-order valence-electron chi connectivity index (χ3n) is 2.14. The van der Waals surface area contributed by atoms with E-state index in [1.807, 2.05) is 48.5 Å². The van der Waals surface area contributed by atoms with E-state index in [9.17, 15) is 0 Å². The molecule has 0 heterocycles. The van der Waals surface area contributed by atoms with Crippen molar-refractivity contribution in [2.45, 2.75) is 13.3 Å². The van der Waals surface area contributed by atoms with Crippen molar-refractivity contribution >= 4 is 21.6 Å². The Kier molecular flexibility index (Phi) is 5.65. The van der Waals surface area contributed by atoms with Crippen LogP contribution in [0.3, 0.4) is 0 Å². The van der Waals surface area contributed by atoms with E-state index in [1.54, 1.807) is 0 Å². The summed E-state index contributed by atoms with van der Waals surface area (Å²) in [6.45, 7) is 2.12. The monoisotopic (exact) mass is 277 g/mol. The van der Waals surface area contributed by atoms with Crippen LogP contribution in [0.5, 0.6) is 0 Å². The third-order valence-corrected chi connectivity index (χ3v) is 2.83. The van der Waals surface area contributed by atoms with Gasteiger partial charge in [-0.3, -0.25) is 0 Å². The lowest BCUT2D eigenvalue weighted by atomic mass is 10.2. The molecule has 0 radical (unpaired) electrons. The molecule has 0 saturated heterocycles. The first-order chi connectivity index (χ1) is 7.74. The Morgan fingerprint density at radius 1 is 1.00 bits per heavy atom. The van der Waals surface area contributed by atoms with E-state index in [2.05, 4.69) is 28.9 Å². The maximum Gasteiger partial charge on any atom is 0.0458 e. The smallest absolute Gasteiger partial charge is 0.0458 e. The molecular weight excluding hydrogens is 262 g/mol. The number of halogens is 1. The molecule has 0 spiro atoms. The van der Waals surface area contributed by atoms with Gasteiger partial charge >= 0.3 is 0 Å². The maximum atomic E-state index is 5.60. The molecule has 2 aromatic carbocycles. The second-order valence-corrected chi connectivity index (χ2v) is 4.22. The summed E-state index contributed by atoms with van der Waals surface area (Å²) in [5.41, 5.74) is 7.71. The van der Waals surface area contributed by atoms with E-state index < -0.39 is 0 Å². The van der Waals surface area contributed by atoms with Crippen molar-refractivity contribution in [3.8, 4) is 0 Å². The van der Waals surface area contributed by atoms with E-state index >= 15 is 0 Å². The highest BCUT2D eigenvalue weighted by molar-refractivity contribution is 9.10. The van der Waals surface area contributed by atoms with Crippen LogP contribution in [0.4, 0.5) is 5.69 Å². The Morgan fingerprint density at radius 3 is 1.88 bits per heavy atom. The number of anilines is 1. The summed E-state index contributed by atoms with van der Waals surface area (Å²) in [5.74, 6) is 0. The van der Waals surface area contributed by atoms with Gasteiger partial charge in [0.15, 0.2) is 0 Å².